The number of nitrogens with one attached hydrogen (secondary N) is 1. The quantitative estimate of drug-likeness (QED) is 0.486. The molecule has 0 unspecified atom stereocenters. The largest absolute Gasteiger partial charge is 0.318 e. The fourth-order valence-electron chi connectivity index (χ4n) is 2.52. The van der Waals surface area contributed by atoms with Crippen molar-refractivity contribution in [3.63, 3.8) is 0 Å². The van der Waals surface area contributed by atoms with Crippen LogP contribution in [0.25, 0.3) is 5.69 Å². The number of carbonyl (C=O) groups is 1. The maximum Gasteiger partial charge on any atom is 0.294 e. The predicted molar refractivity (Wildman–Crippen MR) is 103 cm³/mol. The molecular weight excluding hydrogens is 435 g/mol. The number of anilines is 1. The number of hydrogen-bond acceptors (Lipinski definition) is 5. The van der Waals surface area contributed by atoms with Gasteiger partial charge in [0.1, 0.15) is 11.5 Å². The van der Waals surface area contributed by atoms with Crippen molar-refractivity contribution in [2.45, 2.75) is 6.92 Å². The first-order valence-electron chi connectivity index (χ1n) is 7.89. The molecule has 10 heteroatoms. The normalized spacial score (nSPS) is 10.5. The SMILES string of the molecule is Cc1cc(=O)c(C(=O)Nc2ccc(Br)cc2F)nn1-c1ccccc1[N+](=O)[O-]. The van der Waals surface area contributed by atoms with E-state index in [0.29, 0.717) is 10.2 Å². The van der Waals surface area contributed by atoms with E-state index >= 15 is 0 Å². The lowest BCUT2D eigenvalue weighted by Gasteiger charge is -2.12. The Bertz CT molecular complexity index is 1160. The molecule has 28 heavy (non-hydrogen) atoms. The van der Waals surface area contributed by atoms with Crippen molar-refractivity contribution in [2.24, 2.45) is 0 Å². The molecule has 1 N–H and O–H groups in total. The Morgan fingerprint density at radius 3 is 2.64 bits per heavy atom. The number of benzene rings is 2. The van der Waals surface area contributed by atoms with Gasteiger partial charge in [0, 0.05) is 22.3 Å². The Morgan fingerprint density at radius 1 is 1.25 bits per heavy atom. The molecule has 0 fully saturated rings. The second-order valence-electron chi connectivity index (χ2n) is 5.73. The van der Waals surface area contributed by atoms with Gasteiger partial charge in [-0.2, -0.15) is 5.10 Å². The highest BCUT2D eigenvalue weighted by atomic mass is 79.9. The summed E-state index contributed by atoms with van der Waals surface area (Å²) in [6.45, 7) is 1.53. The molecule has 0 radical (unpaired) electrons. The number of carbonyl (C=O) groups excluding carboxylic acids is 1. The molecule has 0 aliphatic rings. The highest BCUT2D eigenvalue weighted by Crippen LogP contribution is 2.23. The van der Waals surface area contributed by atoms with Gasteiger partial charge in [-0.1, -0.05) is 28.1 Å². The smallest absolute Gasteiger partial charge is 0.294 e. The van der Waals surface area contributed by atoms with Crippen LogP contribution in [0.2, 0.25) is 0 Å². The minimum absolute atomic E-state index is 0.0915. The Balaban J connectivity index is 2.06. The second kappa shape index (κ2) is 7.69. The number of nitro benzene ring substituents is 1. The van der Waals surface area contributed by atoms with E-state index in [1.54, 1.807) is 6.07 Å². The number of rotatable bonds is 4. The summed E-state index contributed by atoms with van der Waals surface area (Å²) in [5, 5.41) is 17.5. The Hall–Kier alpha value is -3.40. The summed E-state index contributed by atoms with van der Waals surface area (Å²) in [7, 11) is 0. The minimum atomic E-state index is -0.932. The average Bonchev–Trinajstić information content (AvgIpc) is 2.64. The number of halogens is 2. The van der Waals surface area contributed by atoms with Crippen LogP contribution in [0.15, 0.2) is 57.8 Å². The highest BCUT2D eigenvalue weighted by molar-refractivity contribution is 9.10. The first-order chi connectivity index (χ1) is 13.3. The van der Waals surface area contributed by atoms with Crippen LogP contribution in [0.3, 0.4) is 0 Å². The summed E-state index contributed by atoms with van der Waals surface area (Å²) in [5.74, 6) is -1.63. The molecular formula is C18H12BrFN4O4. The standard InChI is InChI=1S/C18H12BrFN4O4/c1-10-8-16(25)17(18(26)21-13-7-6-11(19)9-12(13)20)22-23(10)14-4-2-3-5-15(14)24(27)28/h2-9H,1H3,(H,21,26). The second-order valence-corrected chi connectivity index (χ2v) is 6.65. The molecule has 0 saturated heterocycles. The van der Waals surface area contributed by atoms with Crippen LogP contribution >= 0.6 is 15.9 Å². The summed E-state index contributed by atoms with van der Waals surface area (Å²) in [4.78, 5) is 35.4. The molecule has 0 aliphatic heterocycles. The number of amides is 1. The van der Waals surface area contributed by atoms with E-state index in [0.717, 1.165) is 16.8 Å². The topological polar surface area (TPSA) is 107 Å². The molecule has 0 atom stereocenters. The molecule has 0 bridgehead atoms. The highest BCUT2D eigenvalue weighted by Gasteiger charge is 2.20. The lowest BCUT2D eigenvalue weighted by molar-refractivity contribution is -0.384. The summed E-state index contributed by atoms with van der Waals surface area (Å²) in [6.07, 6.45) is 0. The van der Waals surface area contributed by atoms with Crippen LogP contribution in [0.4, 0.5) is 15.8 Å². The summed E-state index contributed by atoms with van der Waals surface area (Å²) in [6, 6.07) is 10.9. The molecule has 1 heterocycles. The van der Waals surface area contributed by atoms with Gasteiger partial charge < -0.3 is 5.32 Å². The first-order valence-corrected chi connectivity index (χ1v) is 8.68. The molecule has 1 amide bonds. The number of para-hydroxylation sites is 2. The predicted octanol–water partition coefficient (Wildman–Crippen LogP) is 3.60. The van der Waals surface area contributed by atoms with Crippen molar-refractivity contribution in [1.82, 2.24) is 9.78 Å². The molecule has 3 aromatic rings. The zero-order valence-corrected chi connectivity index (χ0v) is 15.9. The van der Waals surface area contributed by atoms with Crippen LogP contribution in [-0.4, -0.2) is 20.6 Å². The monoisotopic (exact) mass is 446 g/mol. The van der Waals surface area contributed by atoms with Gasteiger partial charge >= 0.3 is 0 Å². The summed E-state index contributed by atoms with van der Waals surface area (Å²) < 4.78 is 15.6. The van der Waals surface area contributed by atoms with Crippen LogP contribution in [0, 0.1) is 22.9 Å². The van der Waals surface area contributed by atoms with Gasteiger partial charge in [0.05, 0.1) is 10.6 Å². The molecule has 2 aromatic carbocycles. The number of aromatic nitrogens is 2. The maximum absolute atomic E-state index is 14.0. The Labute approximate surface area is 165 Å². The number of nitrogens with zero attached hydrogens (tertiary/aromatic N) is 3. The third-order valence-electron chi connectivity index (χ3n) is 3.81. The van der Waals surface area contributed by atoms with E-state index < -0.39 is 27.8 Å². The van der Waals surface area contributed by atoms with E-state index in [4.69, 9.17) is 0 Å². The number of hydrogen-bond donors (Lipinski definition) is 1. The number of aryl methyl sites for hydroxylation is 1. The van der Waals surface area contributed by atoms with Crippen LogP contribution in [0.5, 0.6) is 0 Å². The van der Waals surface area contributed by atoms with Gasteiger partial charge in [-0.05, 0) is 31.2 Å². The molecule has 3 rings (SSSR count). The van der Waals surface area contributed by atoms with Crippen molar-refractivity contribution >= 4 is 33.2 Å². The average molecular weight is 447 g/mol. The molecule has 0 saturated carbocycles. The Kier molecular flexibility index (Phi) is 5.32. The van der Waals surface area contributed by atoms with Crippen molar-refractivity contribution < 1.29 is 14.1 Å². The van der Waals surface area contributed by atoms with E-state index in [-0.39, 0.29) is 17.1 Å². The lowest BCUT2D eigenvalue weighted by Crippen LogP contribution is -2.27. The third-order valence-corrected chi connectivity index (χ3v) is 4.30. The van der Waals surface area contributed by atoms with Gasteiger partial charge in [0.2, 0.25) is 5.43 Å². The fraction of sp³-hybridized carbons (Fsp3) is 0.0556. The van der Waals surface area contributed by atoms with Gasteiger partial charge in [-0.25, -0.2) is 9.07 Å². The van der Waals surface area contributed by atoms with Gasteiger partial charge in [-0.3, -0.25) is 19.7 Å². The Morgan fingerprint density at radius 2 is 1.96 bits per heavy atom. The zero-order valence-electron chi connectivity index (χ0n) is 14.3. The van der Waals surface area contributed by atoms with E-state index in [1.165, 1.54) is 37.3 Å². The molecule has 8 nitrogen and oxygen atoms in total. The summed E-state index contributed by atoms with van der Waals surface area (Å²) in [5.41, 5.74) is -1.20. The van der Waals surface area contributed by atoms with Crippen molar-refractivity contribution in [2.75, 3.05) is 5.32 Å². The summed E-state index contributed by atoms with van der Waals surface area (Å²) >= 11 is 3.11. The minimum Gasteiger partial charge on any atom is -0.318 e. The van der Waals surface area contributed by atoms with Gasteiger partial charge in [-0.15, -0.1) is 0 Å². The van der Waals surface area contributed by atoms with E-state index in [1.807, 2.05) is 0 Å². The molecule has 1 aromatic heterocycles. The van der Waals surface area contributed by atoms with E-state index in [2.05, 4.69) is 26.3 Å². The fourth-order valence-corrected chi connectivity index (χ4v) is 2.85. The maximum atomic E-state index is 14.0. The molecule has 0 spiro atoms. The first kappa shape index (κ1) is 19.4. The van der Waals surface area contributed by atoms with Crippen LogP contribution in [0.1, 0.15) is 16.2 Å². The zero-order chi connectivity index (χ0) is 20.4. The number of nitro groups is 1. The third kappa shape index (κ3) is 3.81. The van der Waals surface area contributed by atoms with Crippen molar-refractivity contribution in [3.05, 3.63) is 90.5 Å². The lowest BCUT2D eigenvalue weighted by atomic mass is 10.2. The van der Waals surface area contributed by atoms with Gasteiger partial charge in [0.15, 0.2) is 5.69 Å². The van der Waals surface area contributed by atoms with Crippen molar-refractivity contribution in [3.8, 4) is 5.69 Å². The van der Waals surface area contributed by atoms with E-state index in [9.17, 15) is 24.1 Å². The van der Waals surface area contributed by atoms with Crippen LogP contribution in [-0.2, 0) is 0 Å². The molecule has 0 aliphatic carbocycles. The van der Waals surface area contributed by atoms with Crippen LogP contribution < -0.4 is 10.7 Å². The molecule has 142 valence electrons. The van der Waals surface area contributed by atoms with Crippen molar-refractivity contribution in [1.29, 1.82) is 0 Å². The van der Waals surface area contributed by atoms with Gasteiger partial charge in [0.25, 0.3) is 11.6 Å².